The van der Waals surface area contributed by atoms with Gasteiger partial charge in [0.15, 0.2) is 0 Å². The van der Waals surface area contributed by atoms with E-state index in [9.17, 15) is 0 Å². The fourth-order valence-electron chi connectivity index (χ4n) is 1.15. The Balaban J connectivity index is 2.90. The number of hydrogen-bond acceptors (Lipinski definition) is 5. The lowest BCUT2D eigenvalue weighted by atomic mass is 10.5. The van der Waals surface area contributed by atoms with Gasteiger partial charge in [0.05, 0.1) is 59.0 Å². The molecule has 0 saturated heterocycles. The molecule has 18 heavy (non-hydrogen) atoms. The molecule has 0 heterocycles. The number of hydrogen-bond donors (Lipinski definition) is 0. The number of rotatable bonds is 14. The van der Waals surface area contributed by atoms with E-state index < -0.39 is 0 Å². The normalized spacial score (nSPS) is 11.3. The first-order valence-corrected chi connectivity index (χ1v) is 6.70. The average molecular weight is 264 g/mol. The van der Waals surface area contributed by atoms with Crippen LogP contribution in [0.15, 0.2) is 0 Å². The molecular weight excluding hydrogens is 236 g/mol. The van der Waals surface area contributed by atoms with Gasteiger partial charge >= 0.3 is 0 Å². The van der Waals surface area contributed by atoms with E-state index in [1.165, 1.54) is 0 Å². The Hall–Kier alpha value is -0.200. The molecule has 0 aliphatic carbocycles. The lowest BCUT2D eigenvalue weighted by Crippen LogP contribution is -2.14. The largest absolute Gasteiger partial charge is 0.379 e. The average Bonchev–Trinajstić information content (AvgIpc) is 2.34. The van der Waals surface area contributed by atoms with E-state index in [4.69, 9.17) is 23.7 Å². The van der Waals surface area contributed by atoms with Crippen LogP contribution in [0.5, 0.6) is 0 Å². The monoisotopic (exact) mass is 264 g/mol. The summed E-state index contributed by atoms with van der Waals surface area (Å²) in [5.41, 5.74) is 0. The molecule has 0 unspecified atom stereocenters. The van der Waals surface area contributed by atoms with Crippen molar-refractivity contribution < 1.29 is 23.7 Å². The van der Waals surface area contributed by atoms with Gasteiger partial charge < -0.3 is 23.7 Å². The molecule has 0 aromatic heterocycles. The van der Waals surface area contributed by atoms with E-state index in [0.717, 1.165) is 6.61 Å². The lowest BCUT2D eigenvalue weighted by Gasteiger charge is -2.08. The van der Waals surface area contributed by atoms with Gasteiger partial charge in [-0.2, -0.15) is 0 Å². The fraction of sp³-hybridized carbons (Fsp3) is 1.00. The van der Waals surface area contributed by atoms with Crippen LogP contribution in [0.3, 0.4) is 0 Å². The molecule has 110 valence electrons. The second kappa shape index (κ2) is 14.9. The Bertz CT molecular complexity index is 152. The molecule has 0 N–H and O–H groups in total. The third kappa shape index (κ3) is 15.8. The Morgan fingerprint density at radius 1 is 0.611 bits per heavy atom. The van der Waals surface area contributed by atoms with E-state index in [-0.39, 0.29) is 6.10 Å². The van der Waals surface area contributed by atoms with Crippen molar-refractivity contribution in [3.05, 3.63) is 0 Å². The molecule has 0 aliphatic heterocycles. The van der Waals surface area contributed by atoms with Gasteiger partial charge in [0.25, 0.3) is 0 Å². The molecule has 0 saturated carbocycles. The Labute approximate surface area is 111 Å². The lowest BCUT2D eigenvalue weighted by molar-refractivity contribution is -0.0170. The van der Waals surface area contributed by atoms with Gasteiger partial charge in [-0.25, -0.2) is 0 Å². The van der Waals surface area contributed by atoms with Crippen LogP contribution in [0.4, 0.5) is 0 Å². The minimum atomic E-state index is 0.263. The minimum Gasteiger partial charge on any atom is -0.379 e. The van der Waals surface area contributed by atoms with Crippen molar-refractivity contribution in [3.8, 4) is 0 Å². The van der Waals surface area contributed by atoms with Crippen LogP contribution in [0.25, 0.3) is 0 Å². The van der Waals surface area contributed by atoms with Crippen molar-refractivity contribution in [3.63, 3.8) is 0 Å². The molecule has 0 aromatic carbocycles. The molecule has 5 nitrogen and oxygen atoms in total. The standard InChI is InChI=1S/C13H28O5/c1-4-14-5-6-15-7-8-16-9-10-17-11-12-18-13(2)3/h13H,4-12H2,1-3H3. The predicted octanol–water partition coefficient (Wildman–Crippen LogP) is 1.50. The maximum absolute atomic E-state index is 5.34. The van der Waals surface area contributed by atoms with Gasteiger partial charge in [-0.3, -0.25) is 0 Å². The molecule has 0 fully saturated rings. The van der Waals surface area contributed by atoms with Crippen molar-refractivity contribution in [2.75, 3.05) is 59.5 Å². The molecule has 0 aromatic rings. The quantitative estimate of drug-likeness (QED) is 0.445. The minimum absolute atomic E-state index is 0.263. The van der Waals surface area contributed by atoms with E-state index >= 15 is 0 Å². The fourth-order valence-corrected chi connectivity index (χ4v) is 1.15. The van der Waals surface area contributed by atoms with Crippen molar-refractivity contribution >= 4 is 0 Å². The SMILES string of the molecule is CCOCCOCCOCCOCCOC(C)C. The highest BCUT2D eigenvalue weighted by Gasteiger charge is 1.94. The summed E-state index contributed by atoms with van der Waals surface area (Å²) < 4.78 is 26.4. The second-order valence-corrected chi connectivity index (χ2v) is 3.95. The molecule has 0 bridgehead atoms. The van der Waals surface area contributed by atoms with Crippen LogP contribution in [-0.2, 0) is 23.7 Å². The van der Waals surface area contributed by atoms with Gasteiger partial charge in [-0.05, 0) is 20.8 Å². The van der Waals surface area contributed by atoms with Crippen LogP contribution in [0, 0.1) is 0 Å². The maximum Gasteiger partial charge on any atom is 0.0703 e. The van der Waals surface area contributed by atoms with E-state index in [1.807, 2.05) is 20.8 Å². The van der Waals surface area contributed by atoms with Crippen LogP contribution >= 0.6 is 0 Å². The summed E-state index contributed by atoms with van der Waals surface area (Å²) in [7, 11) is 0. The summed E-state index contributed by atoms with van der Waals surface area (Å²) >= 11 is 0. The van der Waals surface area contributed by atoms with Crippen LogP contribution in [-0.4, -0.2) is 65.6 Å². The third-order valence-corrected chi connectivity index (χ3v) is 2.00. The van der Waals surface area contributed by atoms with E-state index in [1.54, 1.807) is 0 Å². The highest BCUT2D eigenvalue weighted by molar-refractivity contribution is 4.38. The molecule has 0 aliphatic rings. The van der Waals surface area contributed by atoms with Crippen LogP contribution in [0.1, 0.15) is 20.8 Å². The van der Waals surface area contributed by atoms with Crippen LogP contribution in [0.2, 0.25) is 0 Å². The Kier molecular flexibility index (Phi) is 14.7. The highest BCUT2D eigenvalue weighted by Crippen LogP contribution is 1.87. The summed E-state index contributed by atoms with van der Waals surface area (Å²) in [5.74, 6) is 0. The first-order valence-electron chi connectivity index (χ1n) is 6.70. The summed E-state index contributed by atoms with van der Waals surface area (Å²) in [5, 5.41) is 0. The molecule has 0 atom stereocenters. The molecule has 0 radical (unpaired) electrons. The predicted molar refractivity (Wildman–Crippen MR) is 70.0 cm³/mol. The number of ether oxygens (including phenoxy) is 5. The van der Waals surface area contributed by atoms with Gasteiger partial charge in [-0.1, -0.05) is 0 Å². The zero-order valence-electron chi connectivity index (χ0n) is 12.0. The van der Waals surface area contributed by atoms with Crippen molar-refractivity contribution in [1.82, 2.24) is 0 Å². The summed E-state index contributed by atoms with van der Waals surface area (Å²) in [6, 6.07) is 0. The van der Waals surface area contributed by atoms with Crippen molar-refractivity contribution in [2.24, 2.45) is 0 Å². The third-order valence-electron chi connectivity index (χ3n) is 2.00. The first-order chi connectivity index (χ1) is 8.77. The summed E-state index contributed by atoms with van der Waals surface area (Å²) in [6.07, 6.45) is 0.263. The summed E-state index contributed by atoms with van der Waals surface area (Å²) in [4.78, 5) is 0. The topological polar surface area (TPSA) is 46.2 Å². The molecule has 5 heteroatoms. The second-order valence-electron chi connectivity index (χ2n) is 3.95. The molecule has 0 spiro atoms. The van der Waals surface area contributed by atoms with E-state index in [0.29, 0.717) is 52.9 Å². The van der Waals surface area contributed by atoms with Gasteiger partial charge in [0.2, 0.25) is 0 Å². The zero-order chi connectivity index (χ0) is 13.5. The van der Waals surface area contributed by atoms with Gasteiger partial charge in [-0.15, -0.1) is 0 Å². The summed E-state index contributed by atoms with van der Waals surface area (Å²) in [6.45, 7) is 11.6. The van der Waals surface area contributed by atoms with Crippen molar-refractivity contribution in [1.29, 1.82) is 0 Å². The van der Waals surface area contributed by atoms with E-state index in [2.05, 4.69) is 0 Å². The molecule has 0 rings (SSSR count). The molecule has 0 amide bonds. The zero-order valence-corrected chi connectivity index (χ0v) is 12.0. The van der Waals surface area contributed by atoms with Gasteiger partial charge in [0, 0.05) is 6.61 Å². The van der Waals surface area contributed by atoms with Crippen molar-refractivity contribution in [2.45, 2.75) is 26.9 Å². The van der Waals surface area contributed by atoms with Crippen LogP contribution < -0.4 is 0 Å². The van der Waals surface area contributed by atoms with Gasteiger partial charge in [0.1, 0.15) is 0 Å². The first kappa shape index (κ1) is 17.8. The maximum atomic E-state index is 5.34. The Morgan fingerprint density at radius 2 is 1.00 bits per heavy atom. The highest BCUT2D eigenvalue weighted by atomic mass is 16.6. The molecular formula is C13H28O5. The smallest absolute Gasteiger partial charge is 0.0703 e. The Morgan fingerprint density at radius 3 is 1.39 bits per heavy atom.